The molecular formula is C19H22N4O2. The van der Waals surface area contributed by atoms with Gasteiger partial charge in [-0.2, -0.15) is 0 Å². The maximum Gasteiger partial charge on any atom is 0.146 e. The largest absolute Gasteiger partial charge is 0.497 e. The number of nitrogens with zero attached hydrogens (tertiary/aromatic N) is 3. The van der Waals surface area contributed by atoms with Crippen LogP contribution in [0.15, 0.2) is 36.8 Å². The molecule has 2 aromatic heterocycles. The molecule has 0 spiro atoms. The number of ether oxygens (including phenoxy) is 1. The molecule has 2 atom stereocenters. The van der Waals surface area contributed by atoms with Crippen LogP contribution in [-0.2, 0) is 0 Å². The van der Waals surface area contributed by atoms with Crippen LogP contribution < -0.4 is 10.5 Å². The fourth-order valence-corrected chi connectivity index (χ4v) is 3.79. The Bertz CT molecular complexity index is 906. The van der Waals surface area contributed by atoms with Gasteiger partial charge in [-0.25, -0.2) is 9.97 Å². The molecule has 0 bridgehead atoms. The summed E-state index contributed by atoms with van der Waals surface area (Å²) < 4.78 is 7.42. The number of fused-ring (bicyclic) bond motifs is 1. The number of rotatable bonds is 3. The summed E-state index contributed by atoms with van der Waals surface area (Å²) in [6.45, 7) is 0. The van der Waals surface area contributed by atoms with E-state index in [-0.39, 0.29) is 12.1 Å². The molecule has 3 N–H and O–H groups in total. The van der Waals surface area contributed by atoms with Gasteiger partial charge in [-0.1, -0.05) is 25.0 Å². The van der Waals surface area contributed by atoms with Crippen molar-refractivity contribution in [3.8, 4) is 16.9 Å². The molecule has 1 fully saturated rings. The maximum absolute atomic E-state index is 10.5. The quantitative estimate of drug-likeness (QED) is 0.766. The first-order valence-corrected chi connectivity index (χ1v) is 8.62. The number of aromatic nitrogens is 3. The lowest BCUT2D eigenvalue weighted by Gasteiger charge is -2.29. The van der Waals surface area contributed by atoms with Crippen molar-refractivity contribution < 1.29 is 9.84 Å². The fraction of sp³-hybridized carbons (Fsp3) is 0.368. The summed E-state index contributed by atoms with van der Waals surface area (Å²) in [5.74, 6) is 1.23. The zero-order valence-electron chi connectivity index (χ0n) is 14.2. The first-order chi connectivity index (χ1) is 12.2. The highest BCUT2D eigenvalue weighted by molar-refractivity contribution is 6.00. The minimum Gasteiger partial charge on any atom is -0.497 e. The monoisotopic (exact) mass is 338 g/mol. The summed E-state index contributed by atoms with van der Waals surface area (Å²) in [7, 11) is 1.65. The minimum absolute atomic E-state index is 0.0184. The SMILES string of the molecule is COc1cccc(-c2cn(C3CCCCC3O)c3ncnc(N)c23)c1. The van der Waals surface area contributed by atoms with Crippen molar-refractivity contribution in [3.63, 3.8) is 0 Å². The summed E-state index contributed by atoms with van der Waals surface area (Å²) in [5, 5.41) is 11.3. The first-order valence-electron chi connectivity index (χ1n) is 8.62. The van der Waals surface area contributed by atoms with Crippen molar-refractivity contribution in [2.24, 2.45) is 0 Å². The van der Waals surface area contributed by atoms with Crippen LogP contribution in [0.2, 0.25) is 0 Å². The van der Waals surface area contributed by atoms with Crippen LogP contribution in [0.5, 0.6) is 5.75 Å². The van der Waals surface area contributed by atoms with Gasteiger partial charge in [0.05, 0.1) is 24.6 Å². The first kappa shape index (κ1) is 15.9. The van der Waals surface area contributed by atoms with E-state index in [1.54, 1.807) is 7.11 Å². The van der Waals surface area contributed by atoms with Crippen molar-refractivity contribution in [2.45, 2.75) is 37.8 Å². The molecule has 6 heteroatoms. The van der Waals surface area contributed by atoms with Crippen LogP contribution in [-0.4, -0.2) is 32.9 Å². The summed E-state index contributed by atoms with van der Waals surface area (Å²) in [6.07, 6.45) is 7.10. The maximum atomic E-state index is 10.5. The average molecular weight is 338 g/mol. The third kappa shape index (κ3) is 2.72. The number of methoxy groups -OCH3 is 1. The number of aliphatic hydroxyl groups is 1. The van der Waals surface area contributed by atoms with Gasteiger partial charge >= 0.3 is 0 Å². The molecule has 25 heavy (non-hydrogen) atoms. The van der Waals surface area contributed by atoms with Crippen LogP contribution >= 0.6 is 0 Å². The van der Waals surface area contributed by atoms with E-state index >= 15 is 0 Å². The van der Waals surface area contributed by atoms with Gasteiger partial charge in [0.25, 0.3) is 0 Å². The highest BCUT2D eigenvalue weighted by Crippen LogP contribution is 2.38. The second-order valence-electron chi connectivity index (χ2n) is 6.56. The smallest absolute Gasteiger partial charge is 0.146 e. The lowest BCUT2D eigenvalue weighted by molar-refractivity contribution is 0.0773. The third-order valence-electron chi connectivity index (χ3n) is 5.07. The Hall–Kier alpha value is -2.60. The predicted molar refractivity (Wildman–Crippen MR) is 97.4 cm³/mol. The fourth-order valence-electron chi connectivity index (χ4n) is 3.79. The molecule has 130 valence electrons. The third-order valence-corrected chi connectivity index (χ3v) is 5.07. The highest BCUT2D eigenvalue weighted by Gasteiger charge is 2.28. The molecule has 1 aromatic carbocycles. The molecule has 0 radical (unpaired) electrons. The molecular weight excluding hydrogens is 316 g/mol. The van der Waals surface area contributed by atoms with Crippen molar-refractivity contribution in [1.82, 2.24) is 14.5 Å². The van der Waals surface area contributed by atoms with Crippen molar-refractivity contribution >= 4 is 16.9 Å². The topological polar surface area (TPSA) is 86.2 Å². The van der Waals surface area contributed by atoms with Gasteiger partial charge in [0.2, 0.25) is 0 Å². The van der Waals surface area contributed by atoms with Crippen LogP contribution in [0.25, 0.3) is 22.2 Å². The van der Waals surface area contributed by atoms with Gasteiger partial charge in [-0.3, -0.25) is 0 Å². The Balaban J connectivity index is 1.92. The standard InChI is InChI=1S/C19H22N4O2/c1-25-13-6-4-5-12(9-13)14-10-23(15-7-2-3-8-16(15)24)19-17(14)18(20)21-11-22-19/h4-6,9-11,15-16,24H,2-3,7-8H2,1H3,(H2,20,21,22). The second kappa shape index (κ2) is 6.37. The summed E-state index contributed by atoms with van der Waals surface area (Å²) in [5.41, 5.74) is 8.92. The number of nitrogens with two attached hydrogens (primary N) is 1. The minimum atomic E-state index is -0.362. The number of aliphatic hydroxyl groups excluding tert-OH is 1. The van der Waals surface area contributed by atoms with E-state index in [4.69, 9.17) is 10.5 Å². The Morgan fingerprint density at radius 1 is 1.24 bits per heavy atom. The van der Waals surface area contributed by atoms with Gasteiger partial charge in [0, 0.05) is 11.8 Å². The van der Waals surface area contributed by atoms with E-state index in [1.807, 2.05) is 30.5 Å². The van der Waals surface area contributed by atoms with Crippen LogP contribution in [0, 0.1) is 0 Å². The van der Waals surface area contributed by atoms with Gasteiger partial charge in [0.15, 0.2) is 0 Å². The van der Waals surface area contributed by atoms with Crippen LogP contribution in [0.3, 0.4) is 0 Å². The number of hydrogen-bond acceptors (Lipinski definition) is 5. The zero-order chi connectivity index (χ0) is 17.4. The Morgan fingerprint density at radius 2 is 2.08 bits per heavy atom. The van der Waals surface area contributed by atoms with Crippen LogP contribution in [0.1, 0.15) is 31.7 Å². The van der Waals surface area contributed by atoms with E-state index in [0.717, 1.165) is 53.6 Å². The van der Waals surface area contributed by atoms with E-state index < -0.39 is 0 Å². The Labute approximate surface area is 146 Å². The van der Waals surface area contributed by atoms with Gasteiger partial charge in [-0.05, 0) is 30.5 Å². The lowest BCUT2D eigenvalue weighted by Crippen LogP contribution is -2.27. The molecule has 1 aliphatic carbocycles. The molecule has 4 rings (SSSR count). The number of hydrogen-bond donors (Lipinski definition) is 2. The normalized spacial score (nSPS) is 20.7. The Morgan fingerprint density at radius 3 is 2.88 bits per heavy atom. The highest BCUT2D eigenvalue weighted by atomic mass is 16.5. The van der Waals surface area contributed by atoms with Crippen molar-refractivity contribution in [2.75, 3.05) is 12.8 Å². The Kier molecular flexibility index (Phi) is 4.05. The molecule has 0 saturated heterocycles. The van der Waals surface area contributed by atoms with Gasteiger partial charge in [0.1, 0.15) is 23.5 Å². The van der Waals surface area contributed by atoms with Crippen molar-refractivity contribution in [1.29, 1.82) is 0 Å². The molecule has 0 amide bonds. The number of anilines is 1. The van der Waals surface area contributed by atoms with E-state index in [2.05, 4.69) is 14.5 Å². The van der Waals surface area contributed by atoms with E-state index in [9.17, 15) is 5.11 Å². The number of benzene rings is 1. The van der Waals surface area contributed by atoms with Crippen LogP contribution in [0.4, 0.5) is 5.82 Å². The summed E-state index contributed by atoms with van der Waals surface area (Å²) >= 11 is 0. The molecule has 2 heterocycles. The average Bonchev–Trinajstić information content (AvgIpc) is 3.03. The molecule has 2 unspecified atom stereocenters. The second-order valence-corrected chi connectivity index (χ2v) is 6.56. The predicted octanol–water partition coefficient (Wildman–Crippen LogP) is 3.17. The summed E-state index contributed by atoms with van der Waals surface area (Å²) in [4.78, 5) is 8.64. The lowest BCUT2D eigenvalue weighted by atomic mass is 9.92. The number of nitrogen functional groups attached to an aromatic ring is 1. The molecule has 1 saturated carbocycles. The molecule has 6 nitrogen and oxygen atoms in total. The van der Waals surface area contributed by atoms with E-state index in [1.165, 1.54) is 6.33 Å². The van der Waals surface area contributed by atoms with Gasteiger partial charge < -0.3 is 20.1 Å². The molecule has 0 aliphatic heterocycles. The molecule has 1 aliphatic rings. The van der Waals surface area contributed by atoms with E-state index in [0.29, 0.717) is 5.82 Å². The zero-order valence-corrected chi connectivity index (χ0v) is 14.2. The molecule has 3 aromatic rings. The summed E-state index contributed by atoms with van der Waals surface area (Å²) in [6, 6.07) is 7.87. The van der Waals surface area contributed by atoms with Crippen molar-refractivity contribution in [3.05, 3.63) is 36.8 Å². The van der Waals surface area contributed by atoms with Gasteiger partial charge in [-0.15, -0.1) is 0 Å².